The van der Waals surface area contributed by atoms with Crippen LogP contribution >= 0.6 is 12.2 Å². The summed E-state index contributed by atoms with van der Waals surface area (Å²) in [5.74, 6) is 0.530. The predicted molar refractivity (Wildman–Crippen MR) is 119 cm³/mol. The summed E-state index contributed by atoms with van der Waals surface area (Å²) in [6, 6.07) is 18.9. The number of nitrogens with one attached hydrogen (secondary N) is 1. The van der Waals surface area contributed by atoms with E-state index in [9.17, 15) is 0 Å². The van der Waals surface area contributed by atoms with E-state index in [1.54, 1.807) is 0 Å². The number of rotatable bonds is 2. The molecule has 4 nitrogen and oxygen atoms in total. The lowest BCUT2D eigenvalue weighted by Crippen LogP contribution is -2.32. The normalized spacial score (nSPS) is 16.6. The van der Waals surface area contributed by atoms with Crippen molar-refractivity contribution >= 4 is 44.7 Å². The van der Waals surface area contributed by atoms with Crippen LogP contribution < -0.4 is 5.32 Å². The Hall–Kier alpha value is -3.05. The molecule has 0 saturated carbocycles. The van der Waals surface area contributed by atoms with Crippen LogP contribution in [0.25, 0.3) is 21.7 Å². The van der Waals surface area contributed by atoms with Crippen molar-refractivity contribution in [2.75, 3.05) is 18.4 Å². The Kier molecular flexibility index (Phi) is 4.37. The lowest BCUT2D eigenvalue weighted by atomic mass is 9.99. The monoisotopic (exact) mass is 384 g/mol. The van der Waals surface area contributed by atoms with E-state index in [4.69, 9.17) is 12.2 Å². The Labute approximate surface area is 169 Å². The molecular weight excluding hydrogens is 364 g/mol. The number of likely N-dealkylation sites (tertiary alicyclic amines) is 1. The van der Waals surface area contributed by atoms with Crippen molar-refractivity contribution < 1.29 is 0 Å². The number of anilines is 1. The van der Waals surface area contributed by atoms with Crippen molar-refractivity contribution in [2.24, 2.45) is 0 Å². The van der Waals surface area contributed by atoms with Crippen LogP contribution in [0.1, 0.15) is 17.9 Å². The number of fused-ring (bicyclic) bond motifs is 3. The Morgan fingerprint density at radius 1 is 1.04 bits per heavy atom. The highest BCUT2D eigenvalue weighted by Crippen LogP contribution is 2.31. The Bertz CT molecular complexity index is 1160. The SMILES string of the molecule is S=C(Nc1cc2ccncc2c2ncccc12)N1CC[C@H](c2ccccc2)C1. The van der Waals surface area contributed by atoms with Crippen LogP contribution in [0, 0.1) is 0 Å². The summed E-state index contributed by atoms with van der Waals surface area (Å²) in [7, 11) is 0. The Balaban J connectivity index is 1.43. The number of nitrogens with zero attached hydrogens (tertiary/aromatic N) is 3. The van der Waals surface area contributed by atoms with E-state index in [1.165, 1.54) is 5.56 Å². The van der Waals surface area contributed by atoms with Gasteiger partial charge < -0.3 is 10.2 Å². The van der Waals surface area contributed by atoms with Gasteiger partial charge in [0, 0.05) is 48.4 Å². The molecule has 1 fully saturated rings. The second kappa shape index (κ2) is 7.17. The number of aromatic nitrogens is 2. The fourth-order valence-electron chi connectivity index (χ4n) is 4.04. The first kappa shape index (κ1) is 17.1. The molecule has 0 aliphatic carbocycles. The summed E-state index contributed by atoms with van der Waals surface area (Å²) in [5.41, 5.74) is 3.33. The van der Waals surface area contributed by atoms with Crippen molar-refractivity contribution in [3.63, 3.8) is 0 Å². The molecule has 1 N–H and O–H groups in total. The van der Waals surface area contributed by atoms with Gasteiger partial charge in [-0.1, -0.05) is 30.3 Å². The van der Waals surface area contributed by atoms with Crippen molar-refractivity contribution in [2.45, 2.75) is 12.3 Å². The summed E-state index contributed by atoms with van der Waals surface area (Å²) in [5, 5.41) is 7.48. The van der Waals surface area contributed by atoms with Gasteiger partial charge in [-0.15, -0.1) is 0 Å². The van der Waals surface area contributed by atoms with Crippen LogP contribution in [0.4, 0.5) is 5.69 Å². The third kappa shape index (κ3) is 3.08. The molecule has 0 amide bonds. The summed E-state index contributed by atoms with van der Waals surface area (Å²) < 4.78 is 0. The average Bonchev–Trinajstić information content (AvgIpc) is 3.25. The minimum atomic E-state index is 0.530. The number of thiocarbonyl (C=S) groups is 1. The molecule has 1 atom stereocenters. The quantitative estimate of drug-likeness (QED) is 0.390. The highest BCUT2D eigenvalue weighted by atomic mass is 32.1. The van der Waals surface area contributed by atoms with Gasteiger partial charge in [0.1, 0.15) is 0 Å². The molecule has 5 rings (SSSR count). The molecule has 28 heavy (non-hydrogen) atoms. The van der Waals surface area contributed by atoms with Gasteiger partial charge in [-0.05, 0) is 53.9 Å². The van der Waals surface area contributed by atoms with Crippen molar-refractivity contribution in [3.8, 4) is 0 Å². The molecule has 1 aliphatic rings. The second-order valence-corrected chi connectivity index (χ2v) is 7.58. The average molecular weight is 385 g/mol. The highest BCUT2D eigenvalue weighted by Gasteiger charge is 2.25. The first-order chi connectivity index (χ1) is 13.8. The van der Waals surface area contributed by atoms with Gasteiger partial charge in [-0.3, -0.25) is 9.97 Å². The maximum absolute atomic E-state index is 5.77. The van der Waals surface area contributed by atoms with Gasteiger partial charge in [0.15, 0.2) is 5.11 Å². The third-order valence-electron chi connectivity index (χ3n) is 5.50. The molecule has 138 valence electrons. The van der Waals surface area contributed by atoms with Crippen LogP contribution in [0.2, 0.25) is 0 Å². The first-order valence-electron chi connectivity index (χ1n) is 9.52. The largest absolute Gasteiger partial charge is 0.348 e. The van der Waals surface area contributed by atoms with E-state index >= 15 is 0 Å². The molecule has 1 aliphatic heterocycles. The summed E-state index contributed by atoms with van der Waals surface area (Å²) in [4.78, 5) is 11.1. The van der Waals surface area contributed by atoms with Crippen LogP contribution in [0.15, 0.2) is 73.2 Å². The van der Waals surface area contributed by atoms with Crippen molar-refractivity contribution in [1.82, 2.24) is 14.9 Å². The molecule has 0 spiro atoms. The molecule has 3 heterocycles. The maximum atomic E-state index is 5.77. The van der Waals surface area contributed by atoms with E-state index in [0.29, 0.717) is 5.92 Å². The molecule has 1 saturated heterocycles. The van der Waals surface area contributed by atoms with Crippen LogP contribution in [-0.4, -0.2) is 33.1 Å². The molecule has 0 radical (unpaired) electrons. The molecule has 5 heteroatoms. The number of pyridine rings is 2. The van der Waals surface area contributed by atoms with Crippen molar-refractivity contribution in [1.29, 1.82) is 0 Å². The summed E-state index contributed by atoms with van der Waals surface area (Å²) in [6.07, 6.45) is 6.63. The molecule has 2 aromatic heterocycles. The minimum Gasteiger partial charge on any atom is -0.348 e. The van der Waals surface area contributed by atoms with Gasteiger partial charge in [0.2, 0.25) is 0 Å². The van der Waals surface area contributed by atoms with Gasteiger partial charge in [-0.2, -0.15) is 0 Å². The zero-order chi connectivity index (χ0) is 18.9. The van der Waals surface area contributed by atoms with Gasteiger partial charge in [0.05, 0.1) is 11.2 Å². The molecule has 0 unspecified atom stereocenters. The van der Waals surface area contributed by atoms with Crippen LogP contribution in [0.5, 0.6) is 0 Å². The minimum absolute atomic E-state index is 0.530. The number of hydrogen-bond acceptors (Lipinski definition) is 3. The van der Waals surface area contributed by atoms with E-state index < -0.39 is 0 Å². The van der Waals surface area contributed by atoms with E-state index in [1.807, 2.05) is 30.7 Å². The van der Waals surface area contributed by atoms with Crippen molar-refractivity contribution in [3.05, 3.63) is 78.8 Å². The second-order valence-electron chi connectivity index (χ2n) is 7.19. The fraction of sp³-hybridized carbons (Fsp3) is 0.174. The number of benzene rings is 2. The highest BCUT2D eigenvalue weighted by molar-refractivity contribution is 7.80. The first-order valence-corrected chi connectivity index (χ1v) is 9.93. The molecule has 0 bridgehead atoms. The van der Waals surface area contributed by atoms with Crippen LogP contribution in [0.3, 0.4) is 0 Å². The van der Waals surface area contributed by atoms with Gasteiger partial charge >= 0.3 is 0 Å². The maximum Gasteiger partial charge on any atom is 0.173 e. The lowest BCUT2D eigenvalue weighted by molar-refractivity contribution is 0.519. The van der Waals surface area contributed by atoms with Gasteiger partial charge in [-0.25, -0.2) is 0 Å². The summed E-state index contributed by atoms with van der Waals surface area (Å²) >= 11 is 5.77. The molecule has 2 aromatic carbocycles. The number of hydrogen-bond donors (Lipinski definition) is 1. The smallest absolute Gasteiger partial charge is 0.173 e. The van der Waals surface area contributed by atoms with E-state index in [0.717, 1.165) is 52.0 Å². The van der Waals surface area contributed by atoms with Crippen LogP contribution in [-0.2, 0) is 0 Å². The molecule has 4 aromatic rings. The predicted octanol–water partition coefficient (Wildman–Crippen LogP) is 4.97. The Morgan fingerprint density at radius 2 is 1.93 bits per heavy atom. The fourth-order valence-corrected chi connectivity index (χ4v) is 4.31. The zero-order valence-corrected chi connectivity index (χ0v) is 16.2. The van der Waals surface area contributed by atoms with E-state index in [-0.39, 0.29) is 0 Å². The topological polar surface area (TPSA) is 41.1 Å². The van der Waals surface area contributed by atoms with E-state index in [2.05, 4.69) is 62.6 Å². The Morgan fingerprint density at radius 3 is 2.82 bits per heavy atom. The third-order valence-corrected chi connectivity index (χ3v) is 5.86. The zero-order valence-electron chi connectivity index (χ0n) is 15.4. The standard InChI is InChI=1S/C23H20N4S/c28-23(27-12-9-18(15-27)16-5-2-1-3-6-16)26-21-13-17-8-11-24-14-20(17)22-19(21)7-4-10-25-22/h1-8,10-11,13-14,18H,9,12,15H2,(H,26,28)/t18-/m0/s1. The summed E-state index contributed by atoms with van der Waals surface area (Å²) in [6.45, 7) is 1.92. The van der Waals surface area contributed by atoms with Gasteiger partial charge in [0.25, 0.3) is 0 Å². The lowest BCUT2D eigenvalue weighted by Gasteiger charge is -2.22. The molecular formula is C23H20N4S.